The van der Waals surface area contributed by atoms with Crippen molar-refractivity contribution >= 4 is 67.2 Å². The third-order valence-electron chi connectivity index (χ3n) is 11.8. The first-order chi connectivity index (χ1) is 35.1. The van der Waals surface area contributed by atoms with E-state index in [1.807, 2.05) is 91.0 Å². The van der Waals surface area contributed by atoms with Gasteiger partial charge in [-0.05, 0) is 42.3 Å². The van der Waals surface area contributed by atoms with Gasteiger partial charge in [0, 0.05) is 27.7 Å². The maximum absolute atomic E-state index is 15.8. The number of phosphoric ester groups is 1. The molecule has 27 heteroatoms. The Labute approximate surface area is 427 Å². The number of phosphoric acid groups is 1. The monoisotopic (exact) mass is 1090 g/mol. The third kappa shape index (κ3) is 12.2. The Bertz CT molecular complexity index is 2830. The van der Waals surface area contributed by atoms with Crippen LogP contribution < -0.4 is 5.32 Å². The Hall–Kier alpha value is -5.66. The van der Waals surface area contributed by atoms with Gasteiger partial charge in [-0.15, -0.1) is 0 Å². The Kier molecular flexibility index (Phi) is 16.4. The largest absolute Gasteiger partial charge is 0.481 e. The van der Waals surface area contributed by atoms with Gasteiger partial charge in [0.05, 0.1) is 12.9 Å². The minimum absolute atomic E-state index is 0.331. The smallest absolute Gasteiger partial charge is 0.463 e. The molecule has 3 aliphatic rings. The zero-order chi connectivity index (χ0) is 53.2. The van der Waals surface area contributed by atoms with E-state index in [1.54, 1.807) is 18.4 Å². The van der Waals surface area contributed by atoms with Gasteiger partial charge in [-0.1, -0.05) is 91.0 Å². The van der Waals surface area contributed by atoms with E-state index in [4.69, 9.17) is 68.0 Å². The molecule has 0 radical (unpaired) electrons. The van der Waals surface area contributed by atoms with Gasteiger partial charge in [0.2, 0.25) is 6.29 Å². The first-order valence-corrected chi connectivity index (χ1v) is 26.9. The number of imidazole rings is 1. The van der Waals surface area contributed by atoms with Gasteiger partial charge in [-0.3, -0.25) is 28.3 Å². The molecule has 396 valence electrons. The number of rotatable bonds is 19. The molecule has 74 heavy (non-hydrogen) atoms. The zero-order valence-electron chi connectivity index (χ0n) is 40.4. The molecule has 3 saturated heterocycles. The minimum atomic E-state index is -5.75. The molecule has 12 atom stereocenters. The average molecular weight is 1090 g/mol. The number of nitrogens with zero attached hydrogens (tertiary/aromatic N) is 4. The van der Waals surface area contributed by atoms with E-state index in [0.29, 0.717) is 17.0 Å². The van der Waals surface area contributed by atoms with Gasteiger partial charge in [-0.25, -0.2) is 28.2 Å². The van der Waals surface area contributed by atoms with Crippen LogP contribution in [0, 0.1) is 0 Å². The third-order valence-corrected chi connectivity index (χ3v) is 15.3. The molecule has 0 amide bonds. The topological polar surface area (TPSA) is 283 Å². The maximum atomic E-state index is 15.8. The summed E-state index contributed by atoms with van der Waals surface area (Å²) in [4.78, 5) is 84.7. The van der Waals surface area contributed by atoms with Crippen LogP contribution in [0.1, 0.15) is 64.5 Å². The molecule has 3 aliphatic heterocycles. The van der Waals surface area contributed by atoms with Crippen LogP contribution in [0.25, 0.3) is 11.2 Å². The van der Waals surface area contributed by atoms with Gasteiger partial charge >= 0.3 is 38.4 Å². The van der Waals surface area contributed by atoms with Crippen molar-refractivity contribution in [1.29, 1.82) is 0 Å². The summed E-state index contributed by atoms with van der Waals surface area (Å²) in [6.45, 7) is 0.554. The highest BCUT2D eigenvalue weighted by molar-refractivity contribution is 8.08. The van der Waals surface area contributed by atoms with E-state index in [0.717, 1.165) is 44.4 Å². The number of nitrogens with one attached hydrogen (secondary N) is 1. The molecule has 8 rings (SSSR count). The fourth-order valence-corrected chi connectivity index (χ4v) is 12.1. The van der Waals surface area contributed by atoms with Crippen LogP contribution >= 0.6 is 14.5 Å². The molecule has 0 saturated carbocycles. The highest BCUT2D eigenvalue weighted by atomic mass is 32.5. The number of hydrogen-bond acceptors (Lipinski definition) is 21. The van der Waals surface area contributed by atoms with Crippen LogP contribution in [0.2, 0.25) is 0 Å². The molecule has 0 bridgehead atoms. The fraction of sp³-hybridized carbons (Fsp3) is 0.426. The molecule has 3 fully saturated rings. The molecule has 5 heterocycles. The van der Waals surface area contributed by atoms with E-state index in [2.05, 4.69) is 15.3 Å². The number of carbonyl (C=O) groups is 4. The molecule has 2 aromatic heterocycles. The second-order valence-corrected chi connectivity index (χ2v) is 22.0. The number of aromatic nitrogens is 4. The number of esters is 4. The number of hydrogen-bond donors (Lipinski definition) is 3. The summed E-state index contributed by atoms with van der Waals surface area (Å²) in [6, 6.07) is 29.7. The number of fused-ring (bicyclic) bond motifs is 2. The summed E-state index contributed by atoms with van der Waals surface area (Å²) in [5.41, 5.74) is 2.46. The van der Waals surface area contributed by atoms with E-state index < -0.39 is 124 Å². The van der Waals surface area contributed by atoms with Crippen LogP contribution in [0.4, 0.5) is 10.2 Å². The fourth-order valence-electron chi connectivity index (χ4n) is 9.05. The lowest BCUT2D eigenvalue weighted by Crippen LogP contribution is -2.64. The van der Waals surface area contributed by atoms with Crippen molar-refractivity contribution in [2.75, 3.05) is 18.5 Å². The summed E-state index contributed by atoms with van der Waals surface area (Å²) >= 11 is 5.15. The molecule has 5 aromatic rings. The highest BCUT2D eigenvalue weighted by Crippen LogP contribution is 2.62. The number of anilines is 1. The first-order valence-electron chi connectivity index (χ1n) is 22.8. The average Bonchev–Trinajstić information content (AvgIpc) is 4.01. The molecule has 23 nitrogen and oxygen atoms in total. The molecular formula is C47H52FN5O18P2S. The van der Waals surface area contributed by atoms with E-state index in [-0.39, 0.29) is 0 Å². The van der Waals surface area contributed by atoms with E-state index >= 15 is 4.39 Å². The minimum Gasteiger partial charge on any atom is -0.463 e. The summed E-state index contributed by atoms with van der Waals surface area (Å²) in [7, 11) is -5.75. The molecule has 3 N–H and O–H groups in total. The van der Waals surface area contributed by atoms with Gasteiger partial charge in [-0.2, -0.15) is 0 Å². The highest BCUT2D eigenvalue weighted by Gasteiger charge is 2.59. The predicted octanol–water partition coefficient (Wildman–Crippen LogP) is 5.44. The summed E-state index contributed by atoms with van der Waals surface area (Å²) in [6.07, 6.45) is -13.8. The zero-order valence-corrected chi connectivity index (χ0v) is 43.0. The number of alkyl halides is 1. The number of benzene rings is 3. The summed E-state index contributed by atoms with van der Waals surface area (Å²) < 4.78 is 92.0. The van der Waals surface area contributed by atoms with Crippen LogP contribution in [-0.2, 0) is 92.3 Å². The van der Waals surface area contributed by atoms with Crippen LogP contribution in [0.3, 0.4) is 0 Å². The summed E-state index contributed by atoms with van der Waals surface area (Å²) in [5.74, 6) is -4.91. The van der Waals surface area contributed by atoms with Crippen molar-refractivity contribution in [3.05, 3.63) is 120 Å². The summed E-state index contributed by atoms with van der Waals surface area (Å²) in [5, 5.41) is 3.74. The van der Waals surface area contributed by atoms with Crippen molar-refractivity contribution in [1.82, 2.24) is 19.5 Å². The Morgan fingerprint density at radius 2 is 1.32 bits per heavy atom. The standard InChI is InChI=1S/C47H52FN5O18P2S/c1-26(54)61-22-33(48)36-38(63-27(2)55)39(64-28(3)56)41(65-29(4)57)45(67-36)70-72(58,59)71-73(60,74)62-23-34-37-40(69-46(5,6)68-37)44(66-34)53-25-51-35-42(49-24-50-43(35)53)52-47(30-16-10-7-11-17-30,31-18-12-8-13-19-31)32-20-14-9-15-21-32/h7-21,24-25,33-34,36-41,44-45H,22-23H2,1-6H3,(H,58,59)(H,60,74)(H,49,50,52)/t33?,34-,36-,37-,38-,39+,40-,41+,44-,45+,73?/m1/s1. The lowest BCUT2D eigenvalue weighted by Gasteiger charge is -2.44. The Balaban J connectivity index is 1.03. The molecule has 3 unspecified atom stereocenters. The van der Waals surface area contributed by atoms with Gasteiger partial charge in [0.15, 0.2) is 53.5 Å². The van der Waals surface area contributed by atoms with Crippen molar-refractivity contribution < 1.29 is 89.2 Å². The first kappa shape index (κ1) is 54.6. The van der Waals surface area contributed by atoms with Crippen LogP contribution in [0.5, 0.6) is 0 Å². The van der Waals surface area contributed by atoms with Crippen molar-refractivity contribution in [3.63, 3.8) is 0 Å². The van der Waals surface area contributed by atoms with E-state index in [1.165, 1.54) is 12.7 Å². The van der Waals surface area contributed by atoms with Gasteiger partial charge in [0.1, 0.15) is 42.9 Å². The number of halogens is 1. The maximum Gasteiger partial charge on any atom is 0.481 e. The second-order valence-electron chi connectivity index (χ2n) is 17.6. The van der Waals surface area contributed by atoms with Crippen molar-refractivity contribution in [2.24, 2.45) is 0 Å². The predicted molar refractivity (Wildman–Crippen MR) is 257 cm³/mol. The number of ether oxygens (including phenoxy) is 8. The van der Waals surface area contributed by atoms with E-state index in [9.17, 15) is 33.5 Å². The quantitative estimate of drug-likeness (QED) is 0.0402. The Morgan fingerprint density at radius 3 is 1.88 bits per heavy atom. The lowest BCUT2D eigenvalue weighted by atomic mass is 9.77. The normalized spacial score (nSPS) is 26.4. The Morgan fingerprint density at radius 1 is 0.784 bits per heavy atom. The van der Waals surface area contributed by atoms with Gasteiger partial charge < -0.3 is 57.5 Å². The van der Waals surface area contributed by atoms with Crippen molar-refractivity contribution in [3.8, 4) is 0 Å². The SMILES string of the molecule is CC(=O)OCC(F)[C@H]1O[C@@H](OP(=O)(O)OP(O)(=S)OC[C@H]2O[C@@H](n3cnc4c(NC(c5ccccc5)(c5ccccc5)c5ccccc5)ncnc43)[C@@H]3OC(C)(C)O[C@@H]32)[C@@H](OC(C)=O)[C@@H](OC(C)=O)[C@@H]1OC(C)=O. The second kappa shape index (κ2) is 22.3. The molecular weight excluding hydrogens is 1040 g/mol. The molecule has 0 aliphatic carbocycles. The van der Waals surface area contributed by atoms with Crippen LogP contribution in [0.15, 0.2) is 104 Å². The van der Waals surface area contributed by atoms with Gasteiger partial charge in [0.25, 0.3) is 0 Å². The molecule has 0 spiro atoms. The number of carbonyl (C=O) groups excluding carboxylic acids is 4. The lowest BCUT2D eigenvalue weighted by molar-refractivity contribution is -0.296. The van der Waals surface area contributed by atoms with Crippen LogP contribution in [-0.4, -0.2) is 127 Å². The molecule has 3 aromatic carbocycles. The van der Waals surface area contributed by atoms with Crippen molar-refractivity contribution in [2.45, 2.75) is 114 Å².